The smallest absolute Gasteiger partial charge is 0.254 e. The molecule has 0 radical (unpaired) electrons. The van der Waals surface area contributed by atoms with E-state index in [0.717, 1.165) is 0 Å². The van der Waals surface area contributed by atoms with Gasteiger partial charge in [-0.2, -0.15) is 0 Å². The van der Waals surface area contributed by atoms with E-state index in [1.165, 1.54) is 12.3 Å². The quantitative estimate of drug-likeness (QED) is 0.479. The zero-order chi connectivity index (χ0) is 17.7. The zero-order valence-corrected chi connectivity index (χ0v) is 13.8. The molecule has 6 N–H and O–H groups in total. The number of carbonyl (C=O) groups excluding carboxylic acids is 2. The van der Waals surface area contributed by atoms with Gasteiger partial charge in [0.05, 0.1) is 11.6 Å². The second kappa shape index (κ2) is 7.84. The average Bonchev–Trinajstić information content (AvgIpc) is 2.94. The highest BCUT2D eigenvalue weighted by atomic mass is 16.1. The Kier molecular flexibility index (Phi) is 5.83. The maximum Gasteiger partial charge on any atom is 0.254 e. The SMILES string of the molecule is CN(C)C/C=C/C(=O)NC1CNC(c2ncc(C(N)=O)c(N)n2)C1. The van der Waals surface area contributed by atoms with E-state index in [1.54, 1.807) is 0 Å². The number of nitrogens with one attached hydrogen (secondary N) is 2. The minimum Gasteiger partial charge on any atom is -0.383 e. The zero-order valence-electron chi connectivity index (χ0n) is 13.8. The Hall–Kier alpha value is -2.52. The first-order valence-corrected chi connectivity index (χ1v) is 7.64. The molecule has 130 valence electrons. The molecule has 9 heteroatoms. The van der Waals surface area contributed by atoms with E-state index < -0.39 is 5.91 Å². The van der Waals surface area contributed by atoms with Crippen molar-refractivity contribution in [1.82, 2.24) is 25.5 Å². The van der Waals surface area contributed by atoms with Crippen LogP contribution in [0.3, 0.4) is 0 Å². The van der Waals surface area contributed by atoms with Crippen LogP contribution in [-0.4, -0.2) is 59.9 Å². The van der Waals surface area contributed by atoms with Crippen LogP contribution < -0.4 is 22.1 Å². The molecule has 2 rings (SSSR count). The first kappa shape index (κ1) is 17.8. The molecule has 2 unspecified atom stereocenters. The Morgan fingerprint density at radius 2 is 2.25 bits per heavy atom. The molecule has 2 amide bonds. The van der Waals surface area contributed by atoms with Crippen molar-refractivity contribution in [3.8, 4) is 0 Å². The maximum atomic E-state index is 11.9. The molecule has 0 aromatic carbocycles. The van der Waals surface area contributed by atoms with Gasteiger partial charge in [0.15, 0.2) is 0 Å². The molecule has 1 aliphatic rings. The first-order valence-electron chi connectivity index (χ1n) is 7.64. The monoisotopic (exact) mass is 333 g/mol. The maximum absolute atomic E-state index is 11.9. The van der Waals surface area contributed by atoms with Gasteiger partial charge in [-0.1, -0.05) is 6.08 Å². The van der Waals surface area contributed by atoms with Gasteiger partial charge in [-0.05, 0) is 20.5 Å². The third-order valence-corrected chi connectivity index (χ3v) is 3.63. The number of rotatable bonds is 6. The van der Waals surface area contributed by atoms with Crippen molar-refractivity contribution >= 4 is 17.6 Å². The van der Waals surface area contributed by atoms with Gasteiger partial charge in [0.25, 0.3) is 5.91 Å². The fraction of sp³-hybridized carbons (Fsp3) is 0.467. The highest BCUT2D eigenvalue weighted by Crippen LogP contribution is 2.21. The molecule has 1 saturated heterocycles. The van der Waals surface area contributed by atoms with Gasteiger partial charge in [0.1, 0.15) is 11.6 Å². The molecule has 0 spiro atoms. The van der Waals surface area contributed by atoms with E-state index in [4.69, 9.17) is 11.5 Å². The lowest BCUT2D eigenvalue weighted by atomic mass is 10.1. The summed E-state index contributed by atoms with van der Waals surface area (Å²) >= 11 is 0. The van der Waals surface area contributed by atoms with Gasteiger partial charge in [-0.3, -0.25) is 9.59 Å². The fourth-order valence-electron chi connectivity index (χ4n) is 2.43. The second-order valence-electron chi connectivity index (χ2n) is 5.96. The van der Waals surface area contributed by atoms with Gasteiger partial charge in [-0.25, -0.2) is 9.97 Å². The van der Waals surface area contributed by atoms with E-state index in [1.807, 2.05) is 25.1 Å². The molecule has 9 nitrogen and oxygen atoms in total. The molecule has 2 atom stereocenters. The fourth-order valence-corrected chi connectivity index (χ4v) is 2.43. The number of nitrogens with zero attached hydrogens (tertiary/aromatic N) is 3. The molecular formula is C15H23N7O2. The molecule has 24 heavy (non-hydrogen) atoms. The molecule has 0 saturated carbocycles. The number of nitrogens with two attached hydrogens (primary N) is 2. The Morgan fingerprint density at radius 1 is 1.50 bits per heavy atom. The number of carbonyl (C=O) groups is 2. The Labute approximate surface area is 140 Å². The Balaban J connectivity index is 1.91. The number of hydrogen-bond acceptors (Lipinski definition) is 7. The molecule has 1 aromatic heterocycles. The predicted octanol–water partition coefficient (Wildman–Crippen LogP) is -1.21. The predicted molar refractivity (Wildman–Crippen MR) is 89.9 cm³/mol. The van der Waals surface area contributed by atoms with Crippen molar-refractivity contribution in [2.75, 3.05) is 32.9 Å². The summed E-state index contributed by atoms with van der Waals surface area (Å²) in [7, 11) is 3.87. The van der Waals surface area contributed by atoms with Crippen LogP contribution in [0.15, 0.2) is 18.3 Å². The largest absolute Gasteiger partial charge is 0.383 e. The van der Waals surface area contributed by atoms with Crippen molar-refractivity contribution in [2.24, 2.45) is 5.73 Å². The van der Waals surface area contributed by atoms with Crippen molar-refractivity contribution in [2.45, 2.75) is 18.5 Å². The number of anilines is 1. The Bertz CT molecular complexity index is 645. The Morgan fingerprint density at radius 3 is 2.88 bits per heavy atom. The highest BCUT2D eigenvalue weighted by Gasteiger charge is 2.28. The lowest BCUT2D eigenvalue weighted by Gasteiger charge is -2.11. The van der Waals surface area contributed by atoms with E-state index in [0.29, 0.717) is 25.3 Å². The summed E-state index contributed by atoms with van der Waals surface area (Å²) in [6.07, 6.45) is 5.31. The van der Waals surface area contributed by atoms with Crippen LogP contribution >= 0.6 is 0 Å². The molecule has 1 fully saturated rings. The minimum atomic E-state index is -0.659. The van der Waals surface area contributed by atoms with Crippen LogP contribution in [0, 0.1) is 0 Å². The van der Waals surface area contributed by atoms with Crippen molar-refractivity contribution in [3.05, 3.63) is 29.7 Å². The lowest BCUT2D eigenvalue weighted by molar-refractivity contribution is -0.117. The van der Waals surface area contributed by atoms with E-state index in [9.17, 15) is 9.59 Å². The van der Waals surface area contributed by atoms with Crippen molar-refractivity contribution in [1.29, 1.82) is 0 Å². The van der Waals surface area contributed by atoms with Gasteiger partial charge >= 0.3 is 0 Å². The lowest BCUT2D eigenvalue weighted by Crippen LogP contribution is -2.35. The van der Waals surface area contributed by atoms with Crippen LogP contribution in [0.1, 0.15) is 28.6 Å². The summed E-state index contributed by atoms with van der Waals surface area (Å²) < 4.78 is 0. The van der Waals surface area contributed by atoms with Crippen LogP contribution in [0.25, 0.3) is 0 Å². The molecule has 1 aromatic rings. The van der Waals surface area contributed by atoms with Gasteiger partial charge in [-0.15, -0.1) is 0 Å². The third-order valence-electron chi connectivity index (χ3n) is 3.63. The molecule has 0 aliphatic carbocycles. The number of primary amides is 1. The summed E-state index contributed by atoms with van der Waals surface area (Å²) in [6.45, 7) is 1.32. The number of nitrogen functional groups attached to an aromatic ring is 1. The highest BCUT2D eigenvalue weighted by molar-refractivity contribution is 5.96. The number of likely N-dealkylation sites (N-methyl/N-ethyl adjacent to an activating group) is 1. The topological polar surface area (TPSA) is 139 Å². The average molecular weight is 333 g/mol. The summed E-state index contributed by atoms with van der Waals surface area (Å²) in [5.74, 6) is -0.243. The second-order valence-corrected chi connectivity index (χ2v) is 5.96. The van der Waals surface area contributed by atoms with E-state index in [2.05, 4.69) is 20.6 Å². The molecular weight excluding hydrogens is 310 g/mol. The summed E-state index contributed by atoms with van der Waals surface area (Å²) in [4.78, 5) is 33.2. The standard InChI is InChI=1S/C15H23N7O2/c1-22(2)5-3-4-12(23)20-9-6-11(18-7-9)15-19-8-10(14(17)24)13(16)21-15/h3-4,8-9,11,18H,5-7H2,1-2H3,(H2,17,24)(H,20,23)(H2,16,19,21)/b4-3+. The van der Waals surface area contributed by atoms with Gasteiger partial charge in [0, 0.05) is 31.4 Å². The minimum absolute atomic E-state index is 0.0212. The van der Waals surface area contributed by atoms with Gasteiger partial charge < -0.3 is 27.0 Å². The van der Waals surface area contributed by atoms with Crippen molar-refractivity contribution in [3.63, 3.8) is 0 Å². The van der Waals surface area contributed by atoms with Crippen LogP contribution in [-0.2, 0) is 4.79 Å². The van der Waals surface area contributed by atoms with Crippen LogP contribution in [0.5, 0.6) is 0 Å². The van der Waals surface area contributed by atoms with E-state index in [-0.39, 0.29) is 29.4 Å². The number of amides is 2. The summed E-state index contributed by atoms with van der Waals surface area (Å²) in [5, 5.41) is 6.16. The van der Waals surface area contributed by atoms with Crippen LogP contribution in [0.4, 0.5) is 5.82 Å². The normalized spacial score (nSPS) is 20.6. The summed E-state index contributed by atoms with van der Waals surface area (Å²) in [6, 6.07) is -0.155. The first-order chi connectivity index (χ1) is 11.4. The third kappa shape index (κ3) is 4.74. The van der Waals surface area contributed by atoms with Crippen molar-refractivity contribution < 1.29 is 9.59 Å². The molecule has 0 bridgehead atoms. The number of hydrogen-bond donors (Lipinski definition) is 4. The van der Waals surface area contributed by atoms with Crippen LogP contribution in [0.2, 0.25) is 0 Å². The molecule has 1 aliphatic heterocycles. The summed E-state index contributed by atoms with van der Waals surface area (Å²) in [5.41, 5.74) is 11.0. The number of aromatic nitrogens is 2. The van der Waals surface area contributed by atoms with E-state index >= 15 is 0 Å². The van der Waals surface area contributed by atoms with Gasteiger partial charge in [0.2, 0.25) is 5.91 Å². The molecule has 2 heterocycles.